The van der Waals surface area contributed by atoms with E-state index in [1.165, 1.54) is 32.1 Å². The van der Waals surface area contributed by atoms with E-state index in [1.807, 2.05) is 0 Å². The predicted octanol–water partition coefficient (Wildman–Crippen LogP) is 1.81. The standard InChI is InChI=1S/C15H24N2O/c16-15(1-2-15)8-13(18)17-14-11-4-9-3-10(6-11)7-12(14)5-9/h9-12,14H,1-8,16H2,(H,17,18). The van der Waals surface area contributed by atoms with Gasteiger partial charge in [-0.2, -0.15) is 0 Å². The number of nitrogens with two attached hydrogens (primary N) is 1. The summed E-state index contributed by atoms with van der Waals surface area (Å²) in [6.45, 7) is 0. The van der Waals surface area contributed by atoms with Crippen LogP contribution in [0.4, 0.5) is 0 Å². The van der Waals surface area contributed by atoms with Crippen LogP contribution in [0.25, 0.3) is 0 Å². The van der Waals surface area contributed by atoms with E-state index in [0.717, 1.165) is 36.5 Å². The fourth-order valence-electron chi connectivity index (χ4n) is 5.05. The zero-order valence-corrected chi connectivity index (χ0v) is 11.0. The van der Waals surface area contributed by atoms with Gasteiger partial charge in [0.1, 0.15) is 0 Å². The number of hydrogen-bond acceptors (Lipinski definition) is 2. The monoisotopic (exact) mass is 248 g/mol. The normalized spacial score (nSPS) is 47.1. The van der Waals surface area contributed by atoms with E-state index in [4.69, 9.17) is 5.73 Å². The van der Waals surface area contributed by atoms with Gasteiger partial charge in [0.05, 0.1) is 0 Å². The van der Waals surface area contributed by atoms with Gasteiger partial charge in [0.15, 0.2) is 0 Å². The van der Waals surface area contributed by atoms with Crippen molar-refractivity contribution in [2.24, 2.45) is 29.4 Å². The molecule has 0 aromatic heterocycles. The number of carbonyl (C=O) groups is 1. The maximum Gasteiger partial charge on any atom is 0.222 e. The molecule has 3 heteroatoms. The molecule has 18 heavy (non-hydrogen) atoms. The van der Waals surface area contributed by atoms with Crippen LogP contribution in [-0.2, 0) is 4.79 Å². The first-order chi connectivity index (χ1) is 8.61. The summed E-state index contributed by atoms with van der Waals surface area (Å²) in [7, 11) is 0. The predicted molar refractivity (Wildman–Crippen MR) is 69.7 cm³/mol. The van der Waals surface area contributed by atoms with Crippen LogP contribution in [0, 0.1) is 23.7 Å². The fraction of sp³-hybridized carbons (Fsp3) is 0.933. The van der Waals surface area contributed by atoms with Gasteiger partial charge < -0.3 is 11.1 Å². The lowest BCUT2D eigenvalue weighted by molar-refractivity contribution is -0.125. The largest absolute Gasteiger partial charge is 0.353 e. The van der Waals surface area contributed by atoms with Crippen molar-refractivity contribution in [1.29, 1.82) is 0 Å². The third-order valence-electron chi connectivity index (χ3n) is 5.96. The highest BCUT2D eigenvalue weighted by Gasteiger charge is 2.49. The molecule has 5 rings (SSSR count). The summed E-state index contributed by atoms with van der Waals surface area (Å²) in [5, 5.41) is 3.34. The molecule has 0 aromatic carbocycles. The van der Waals surface area contributed by atoms with E-state index in [0.29, 0.717) is 12.5 Å². The van der Waals surface area contributed by atoms with Crippen molar-refractivity contribution in [2.75, 3.05) is 0 Å². The fourth-order valence-corrected chi connectivity index (χ4v) is 5.05. The molecule has 0 unspecified atom stereocenters. The SMILES string of the molecule is NC1(CC(=O)NC2C3CC4CC(C3)CC2C4)CC1. The summed E-state index contributed by atoms with van der Waals surface area (Å²) in [6.07, 6.45) is 9.55. The molecular formula is C15H24N2O. The Bertz CT molecular complexity index is 347. The third-order valence-corrected chi connectivity index (χ3v) is 5.96. The highest BCUT2D eigenvalue weighted by Crippen LogP contribution is 2.53. The molecule has 3 N–H and O–H groups in total. The van der Waals surface area contributed by atoms with E-state index in [2.05, 4.69) is 5.32 Å². The summed E-state index contributed by atoms with van der Waals surface area (Å²) in [5.74, 6) is 3.72. The summed E-state index contributed by atoms with van der Waals surface area (Å²) in [5.41, 5.74) is 5.89. The van der Waals surface area contributed by atoms with Gasteiger partial charge in [-0.15, -0.1) is 0 Å². The zero-order chi connectivity index (χ0) is 12.3. The molecule has 0 radical (unpaired) electrons. The van der Waals surface area contributed by atoms with Gasteiger partial charge >= 0.3 is 0 Å². The summed E-state index contributed by atoms with van der Waals surface area (Å²) in [4.78, 5) is 12.1. The second-order valence-electron chi connectivity index (χ2n) is 7.56. The quantitative estimate of drug-likeness (QED) is 0.800. The highest BCUT2D eigenvalue weighted by molar-refractivity contribution is 5.78. The molecule has 5 aliphatic carbocycles. The van der Waals surface area contributed by atoms with E-state index in [9.17, 15) is 4.79 Å². The maximum absolute atomic E-state index is 12.1. The molecular weight excluding hydrogens is 224 g/mol. The summed E-state index contributed by atoms with van der Waals surface area (Å²) < 4.78 is 0. The average Bonchev–Trinajstić information content (AvgIpc) is 3.00. The molecule has 3 nitrogen and oxygen atoms in total. The van der Waals surface area contributed by atoms with Gasteiger partial charge in [-0.05, 0) is 68.6 Å². The molecule has 0 aliphatic heterocycles. The van der Waals surface area contributed by atoms with Crippen LogP contribution in [0.5, 0.6) is 0 Å². The van der Waals surface area contributed by atoms with E-state index in [1.54, 1.807) is 0 Å². The van der Waals surface area contributed by atoms with Crippen molar-refractivity contribution in [1.82, 2.24) is 5.32 Å². The second kappa shape index (κ2) is 3.72. The van der Waals surface area contributed by atoms with Gasteiger partial charge in [-0.25, -0.2) is 0 Å². The Balaban J connectivity index is 1.41. The topological polar surface area (TPSA) is 55.1 Å². The summed E-state index contributed by atoms with van der Waals surface area (Å²) in [6, 6.07) is 0.479. The summed E-state index contributed by atoms with van der Waals surface area (Å²) >= 11 is 0. The van der Waals surface area contributed by atoms with Crippen LogP contribution in [0.2, 0.25) is 0 Å². The number of rotatable bonds is 3. The molecule has 0 aromatic rings. The van der Waals surface area contributed by atoms with E-state index >= 15 is 0 Å². The zero-order valence-electron chi connectivity index (χ0n) is 11.0. The maximum atomic E-state index is 12.1. The number of amides is 1. The Morgan fingerprint density at radius 2 is 1.61 bits per heavy atom. The van der Waals surface area contributed by atoms with Crippen LogP contribution in [0.1, 0.15) is 51.4 Å². The van der Waals surface area contributed by atoms with Crippen molar-refractivity contribution in [3.63, 3.8) is 0 Å². The smallest absolute Gasteiger partial charge is 0.222 e. The highest BCUT2D eigenvalue weighted by atomic mass is 16.1. The van der Waals surface area contributed by atoms with Crippen LogP contribution in [-0.4, -0.2) is 17.5 Å². The first-order valence-corrected chi connectivity index (χ1v) is 7.69. The molecule has 0 spiro atoms. The minimum atomic E-state index is -0.143. The lowest BCUT2D eigenvalue weighted by Crippen LogP contribution is -2.56. The average molecular weight is 248 g/mol. The third kappa shape index (κ3) is 1.87. The number of nitrogens with one attached hydrogen (secondary N) is 1. The van der Waals surface area contributed by atoms with Crippen molar-refractivity contribution in [2.45, 2.75) is 62.9 Å². The Hall–Kier alpha value is -0.570. The molecule has 4 bridgehead atoms. The molecule has 0 atom stereocenters. The van der Waals surface area contributed by atoms with Crippen LogP contribution in [0.15, 0.2) is 0 Å². The van der Waals surface area contributed by atoms with Crippen molar-refractivity contribution >= 4 is 5.91 Å². The first-order valence-electron chi connectivity index (χ1n) is 7.69. The molecule has 5 fully saturated rings. The van der Waals surface area contributed by atoms with Gasteiger partial charge in [-0.3, -0.25) is 4.79 Å². The van der Waals surface area contributed by atoms with Crippen molar-refractivity contribution in [3.8, 4) is 0 Å². The van der Waals surface area contributed by atoms with Gasteiger partial charge in [0.2, 0.25) is 5.91 Å². The molecule has 5 saturated carbocycles. The Morgan fingerprint density at radius 1 is 1.06 bits per heavy atom. The lowest BCUT2D eigenvalue weighted by atomic mass is 9.54. The van der Waals surface area contributed by atoms with E-state index < -0.39 is 0 Å². The molecule has 5 aliphatic rings. The minimum absolute atomic E-state index is 0.143. The molecule has 0 heterocycles. The minimum Gasteiger partial charge on any atom is -0.353 e. The van der Waals surface area contributed by atoms with Gasteiger partial charge in [-0.1, -0.05) is 0 Å². The van der Waals surface area contributed by atoms with Gasteiger partial charge in [0.25, 0.3) is 0 Å². The number of hydrogen-bond donors (Lipinski definition) is 2. The lowest BCUT2D eigenvalue weighted by Gasteiger charge is -2.54. The Labute approximate surface area is 109 Å². The molecule has 1 amide bonds. The Kier molecular flexibility index (Phi) is 2.33. The first kappa shape index (κ1) is 11.3. The van der Waals surface area contributed by atoms with Crippen LogP contribution in [0.3, 0.4) is 0 Å². The van der Waals surface area contributed by atoms with E-state index in [-0.39, 0.29) is 11.4 Å². The second-order valence-corrected chi connectivity index (χ2v) is 7.56. The van der Waals surface area contributed by atoms with Gasteiger partial charge in [0, 0.05) is 18.0 Å². The van der Waals surface area contributed by atoms with Crippen molar-refractivity contribution < 1.29 is 4.79 Å². The number of carbonyl (C=O) groups excluding carboxylic acids is 1. The molecule has 100 valence electrons. The molecule has 0 saturated heterocycles. The van der Waals surface area contributed by atoms with Crippen LogP contribution < -0.4 is 11.1 Å². The van der Waals surface area contributed by atoms with Crippen molar-refractivity contribution in [3.05, 3.63) is 0 Å². The Morgan fingerprint density at radius 3 is 2.11 bits per heavy atom. The van der Waals surface area contributed by atoms with Crippen LogP contribution >= 0.6 is 0 Å².